The SMILES string of the molecule is COc1ccc(NC(=O)c2ccc3c(c2)NC(=O)CCS3)cc1S(N)(=O)=O. The van der Waals surface area contributed by atoms with Crippen LogP contribution in [-0.4, -0.2) is 33.1 Å². The summed E-state index contributed by atoms with van der Waals surface area (Å²) in [6.07, 6.45) is 0.406. The van der Waals surface area contributed by atoms with Crippen LogP contribution >= 0.6 is 11.8 Å². The third-order valence-electron chi connectivity index (χ3n) is 3.83. The van der Waals surface area contributed by atoms with Gasteiger partial charge < -0.3 is 15.4 Å². The Morgan fingerprint density at radius 3 is 2.74 bits per heavy atom. The smallest absolute Gasteiger partial charge is 0.255 e. The summed E-state index contributed by atoms with van der Waals surface area (Å²) in [6, 6.07) is 9.14. The number of anilines is 2. The van der Waals surface area contributed by atoms with Crippen molar-refractivity contribution in [3.63, 3.8) is 0 Å². The van der Waals surface area contributed by atoms with Crippen LogP contribution in [0.5, 0.6) is 5.75 Å². The molecule has 0 aliphatic carbocycles. The van der Waals surface area contributed by atoms with Crippen molar-refractivity contribution in [3.05, 3.63) is 42.0 Å². The lowest BCUT2D eigenvalue weighted by Gasteiger charge is -2.12. The number of thioether (sulfide) groups is 1. The molecule has 0 bridgehead atoms. The van der Waals surface area contributed by atoms with Gasteiger partial charge in [-0.3, -0.25) is 9.59 Å². The van der Waals surface area contributed by atoms with Crippen LogP contribution in [-0.2, 0) is 14.8 Å². The quantitative estimate of drug-likeness (QED) is 0.712. The number of sulfonamides is 1. The van der Waals surface area contributed by atoms with Crippen LogP contribution in [0.3, 0.4) is 0 Å². The largest absolute Gasteiger partial charge is 0.495 e. The normalized spacial score (nSPS) is 13.9. The minimum atomic E-state index is -4.02. The van der Waals surface area contributed by atoms with Crippen LogP contribution in [0.1, 0.15) is 16.8 Å². The Balaban J connectivity index is 1.87. The molecule has 1 aliphatic rings. The number of rotatable bonds is 4. The van der Waals surface area contributed by atoms with E-state index in [4.69, 9.17) is 9.88 Å². The zero-order valence-electron chi connectivity index (χ0n) is 14.3. The zero-order chi connectivity index (χ0) is 19.6. The number of primary sulfonamides is 1. The lowest BCUT2D eigenvalue weighted by molar-refractivity contribution is -0.115. The summed E-state index contributed by atoms with van der Waals surface area (Å²) >= 11 is 1.54. The van der Waals surface area contributed by atoms with Crippen LogP contribution in [0.25, 0.3) is 0 Å². The van der Waals surface area contributed by atoms with E-state index in [1.54, 1.807) is 18.2 Å². The van der Waals surface area contributed by atoms with E-state index in [0.717, 1.165) is 4.90 Å². The van der Waals surface area contributed by atoms with Gasteiger partial charge in [0.15, 0.2) is 0 Å². The number of hydrogen-bond donors (Lipinski definition) is 3. The van der Waals surface area contributed by atoms with Gasteiger partial charge >= 0.3 is 0 Å². The van der Waals surface area contributed by atoms with E-state index in [1.165, 1.54) is 37.1 Å². The second kappa shape index (κ2) is 7.59. The molecule has 2 aromatic carbocycles. The van der Waals surface area contributed by atoms with Crippen molar-refractivity contribution in [2.24, 2.45) is 5.14 Å². The minimum Gasteiger partial charge on any atom is -0.495 e. The number of benzene rings is 2. The van der Waals surface area contributed by atoms with Gasteiger partial charge in [-0.05, 0) is 36.4 Å². The number of carbonyl (C=O) groups excluding carboxylic acids is 2. The molecule has 0 radical (unpaired) electrons. The summed E-state index contributed by atoms with van der Waals surface area (Å²) in [4.78, 5) is 24.9. The van der Waals surface area contributed by atoms with Gasteiger partial charge in [-0.25, -0.2) is 13.6 Å². The molecule has 0 atom stereocenters. The molecule has 0 fully saturated rings. The number of nitrogens with two attached hydrogens (primary N) is 1. The molecule has 0 spiro atoms. The number of carbonyl (C=O) groups is 2. The molecule has 2 amide bonds. The Labute approximate surface area is 160 Å². The molecule has 8 nitrogen and oxygen atoms in total. The predicted molar refractivity (Wildman–Crippen MR) is 103 cm³/mol. The summed E-state index contributed by atoms with van der Waals surface area (Å²) in [6.45, 7) is 0. The summed E-state index contributed by atoms with van der Waals surface area (Å²) in [5.74, 6) is 0.200. The van der Waals surface area contributed by atoms with Crippen LogP contribution in [0, 0.1) is 0 Å². The van der Waals surface area contributed by atoms with Crippen LogP contribution < -0.4 is 20.5 Å². The van der Waals surface area contributed by atoms with Gasteiger partial charge in [-0.15, -0.1) is 11.8 Å². The third kappa shape index (κ3) is 4.41. The molecule has 0 saturated heterocycles. The fourth-order valence-electron chi connectivity index (χ4n) is 2.54. The number of fused-ring (bicyclic) bond motifs is 1. The topological polar surface area (TPSA) is 128 Å². The van der Waals surface area contributed by atoms with Gasteiger partial charge in [0.25, 0.3) is 5.91 Å². The predicted octanol–water partition coefficient (Wildman–Crippen LogP) is 2.03. The molecule has 2 aromatic rings. The monoisotopic (exact) mass is 407 g/mol. The van der Waals surface area contributed by atoms with Gasteiger partial charge in [-0.2, -0.15) is 0 Å². The van der Waals surface area contributed by atoms with Crippen molar-refractivity contribution < 1.29 is 22.7 Å². The second-order valence-electron chi connectivity index (χ2n) is 5.72. The molecular weight excluding hydrogens is 390 g/mol. The molecule has 10 heteroatoms. The van der Waals surface area contributed by atoms with E-state index in [1.807, 2.05) is 0 Å². The number of ether oxygens (including phenoxy) is 1. The van der Waals surface area contributed by atoms with Crippen molar-refractivity contribution in [1.82, 2.24) is 0 Å². The number of hydrogen-bond acceptors (Lipinski definition) is 6. The van der Waals surface area contributed by atoms with E-state index in [9.17, 15) is 18.0 Å². The summed E-state index contributed by atoms with van der Waals surface area (Å²) < 4.78 is 28.4. The first kappa shape index (κ1) is 19.2. The number of amides is 2. The van der Waals surface area contributed by atoms with E-state index < -0.39 is 15.9 Å². The van der Waals surface area contributed by atoms with Crippen molar-refractivity contribution in [2.75, 3.05) is 23.5 Å². The maximum atomic E-state index is 12.5. The first-order valence-corrected chi connectivity index (χ1v) is 10.4. The highest BCUT2D eigenvalue weighted by Gasteiger charge is 2.18. The van der Waals surface area contributed by atoms with Crippen LogP contribution in [0.2, 0.25) is 0 Å². The molecule has 3 rings (SSSR count). The second-order valence-corrected chi connectivity index (χ2v) is 8.39. The summed E-state index contributed by atoms with van der Waals surface area (Å²) in [5, 5.41) is 10.6. The molecule has 27 heavy (non-hydrogen) atoms. The minimum absolute atomic E-state index is 0.0836. The van der Waals surface area contributed by atoms with Gasteiger partial charge in [0.1, 0.15) is 10.6 Å². The number of methoxy groups -OCH3 is 1. The molecule has 0 saturated carbocycles. The molecule has 1 heterocycles. The Hall–Kier alpha value is -2.56. The molecule has 1 aliphatic heterocycles. The Morgan fingerprint density at radius 1 is 1.26 bits per heavy atom. The van der Waals surface area contributed by atoms with Crippen molar-refractivity contribution >= 4 is 45.0 Å². The van der Waals surface area contributed by atoms with E-state index in [2.05, 4.69) is 10.6 Å². The van der Waals surface area contributed by atoms with Crippen molar-refractivity contribution in [2.45, 2.75) is 16.2 Å². The average molecular weight is 407 g/mol. The Morgan fingerprint density at radius 2 is 2.04 bits per heavy atom. The van der Waals surface area contributed by atoms with Gasteiger partial charge in [0.05, 0.1) is 12.8 Å². The highest BCUT2D eigenvalue weighted by Crippen LogP contribution is 2.32. The average Bonchev–Trinajstić information content (AvgIpc) is 2.80. The Bertz CT molecular complexity index is 1020. The van der Waals surface area contributed by atoms with Gasteiger partial charge in [0.2, 0.25) is 15.9 Å². The number of nitrogens with one attached hydrogen (secondary N) is 2. The third-order valence-corrected chi connectivity index (χ3v) is 5.84. The first-order valence-electron chi connectivity index (χ1n) is 7.87. The molecule has 142 valence electrons. The van der Waals surface area contributed by atoms with Gasteiger partial charge in [-0.1, -0.05) is 0 Å². The summed E-state index contributed by atoms with van der Waals surface area (Å²) in [7, 11) is -2.69. The van der Waals surface area contributed by atoms with E-state index >= 15 is 0 Å². The summed E-state index contributed by atoms with van der Waals surface area (Å²) in [5.41, 5.74) is 1.15. The maximum Gasteiger partial charge on any atom is 0.255 e. The lowest BCUT2D eigenvalue weighted by Crippen LogP contribution is -2.16. The fraction of sp³-hybridized carbons (Fsp3) is 0.176. The standard InChI is InChI=1S/C17H17N3O5S2/c1-25-13-4-3-11(9-15(13)27(18,23)24)19-17(22)10-2-5-14-12(8-10)20-16(21)6-7-26-14/h2-5,8-9H,6-7H2,1H3,(H,19,22)(H,20,21)(H2,18,23,24). The van der Waals surface area contributed by atoms with Gasteiger partial charge in [0, 0.05) is 28.3 Å². The van der Waals surface area contributed by atoms with Crippen LogP contribution in [0.4, 0.5) is 11.4 Å². The van der Waals surface area contributed by atoms with Crippen molar-refractivity contribution in [1.29, 1.82) is 0 Å². The highest BCUT2D eigenvalue weighted by atomic mass is 32.2. The van der Waals surface area contributed by atoms with Crippen LogP contribution in [0.15, 0.2) is 46.2 Å². The highest BCUT2D eigenvalue weighted by molar-refractivity contribution is 7.99. The molecular formula is C17H17N3O5S2. The fourth-order valence-corrected chi connectivity index (χ4v) is 4.20. The zero-order valence-corrected chi connectivity index (χ0v) is 15.9. The first-order chi connectivity index (χ1) is 12.8. The maximum absolute atomic E-state index is 12.5. The Kier molecular flexibility index (Phi) is 5.40. The molecule has 0 aromatic heterocycles. The van der Waals surface area contributed by atoms with E-state index in [0.29, 0.717) is 23.4 Å². The molecule has 0 unspecified atom stereocenters. The molecule has 4 N–H and O–H groups in total. The lowest BCUT2D eigenvalue weighted by atomic mass is 10.1. The van der Waals surface area contributed by atoms with E-state index in [-0.39, 0.29) is 22.2 Å². The van der Waals surface area contributed by atoms with Crippen molar-refractivity contribution in [3.8, 4) is 5.75 Å².